The van der Waals surface area contributed by atoms with Crippen LogP contribution >= 0.6 is 15.9 Å². The zero-order valence-corrected chi connectivity index (χ0v) is 12.4. The molecule has 4 heteroatoms. The summed E-state index contributed by atoms with van der Waals surface area (Å²) in [5.41, 5.74) is 1.06. The molecule has 0 saturated carbocycles. The van der Waals surface area contributed by atoms with E-state index in [4.69, 9.17) is 0 Å². The lowest BCUT2D eigenvalue weighted by atomic mass is 9.91. The van der Waals surface area contributed by atoms with Gasteiger partial charge >= 0.3 is 0 Å². The molecular formula is C12H20BrN3. The molecule has 1 heterocycles. The number of nitrogens with zero attached hydrogens (tertiary/aromatic N) is 2. The first-order valence-electron chi connectivity index (χ1n) is 5.53. The first-order chi connectivity index (χ1) is 7.27. The van der Waals surface area contributed by atoms with Gasteiger partial charge in [-0.15, -0.1) is 0 Å². The molecular weight excluding hydrogens is 266 g/mol. The normalized spacial score (nSPS) is 12.0. The summed E-state index contributed by atoms with van der Waals surface area (Å²) < 4.78 is 0.965. The van der Waals surface area contributed by atoms with Crippen LogP contribution in [-0.4, -0.2) is 17.0 Å². The van der Waals surface area contributed by atoms with Gasteiger partial charge in [0.05, 0.1) is 10.2 Å². The first-order valence-corrected chi connectivity index (χ1v) is 6.32. The fourth-order valence-corrected chi connectivity index (χ4v) is 2.36. The Balaban J connectivity index is 3.42. The second-order valence-corrected chi connectivity index (χ2v) is 6.04. The van der Waals surface area contributed by atoms with Gasteiger partial charge in [0.2, 0.25) is 0 Å². The van der Waals surface area contributed by atoms with E-state index in [1.165, 1.54) is 0 Å². The minimum Gasteiger partial charge on any atom is -0.372 e. The molecule has 3 nitrogen and oxygen atoms in total. The molecule has 0 aliphatic heterocycles. The van der Waals surface area contributed by atoms with E-state index in [1.807, 2.05) is 7.05 Å². The van der Waals surface area contributed by atoms with Crippen LogP contribution in [0.2, 0.25) is 0 Å². The van der Waals surface area contributed by atoms with E-state index < -0.39 is 0 Å². The molecule has 1 aromatic rings. The quantitative estimate of drug-likeness (QED) is 0.900. The lowest BCUT2D eigenvalue weighted by Gasteiger charge is -2.22. The van der Waals surface area contributed by atoms with Crippen molar-refractivity contribution in [2.45, 2.75) is 46.0 Å². The lowest BCUT2D eigenvalue weighted by Crippen LogP contribution is -2.18. The maximum Gasteiger partial charge on any atom is 0.144 e. The number of nitrogens with one attached hydrogen (secondary N) is 1. The van der Waals surface area contributed by atoms with Crippen molar-refractivity contribution in [2.75, 3.05) is 12.4 Å². The summed E-state index contributed by atoms with van der Waals surface area (Å²) in [6.45, 7) is 10.7. The van der Waals surface area contributed by atoms with Crippen molar-refractivity contribution in [2.24, 2.45) is 0 Å². The van der Waals surface area contributed by atoms with Crippen LogP contribution in [0, 0.1) is 0 Å². The largest absolute Gasteiger partial charge is 0.372 e. The number of halogens is 1. The van der Waals surface area contributed by atoms with Crippen LogP contribution in [0.25, 0.3) is 0 Å². The summed E-state index contributed by atoms with van der Waals surface area (Å²) in [5, 5.41) is 3.11. The van der Waals surface area contributed by atoms with Crippen LogP contribution in [0.5, 0.6) is 0 Å². The van der Waals surface area contributed by atoms with Gasteiger partial charge in [-0.05, 0) is 15.9 Å². The predicted molar refractivity (Wildman–Crippen MR) is 72.1 cm³/mol. The minimum absolute atomic E-state index is 0.0109. The maximum atomic E-state index is 4.65. The molecule has 1 rings (SSSR count). The van der Waals surface area contributed by atoms with Crippen LogP contribution in [0.15, 0.2) is 4.47 Å². The van der Waals surface area contributed by atoms with Gasteiger partial charge in [0.25, 0.3) is 0 Å². The molecule has 16 heavy (non-hydrogen) atoms. The van der Waals surface area contributed by atoms with Crippen molar-refractivity contribution in [1.82, 2.24) is 9.97 Å². The zero-order chi connectivity index (χ0) is 12.5. The topological polar surface area (TPSA) is 37.8 Å². The second kappa shape index (κ2) is 4.70. The molecule has 0 bridgehead atoms. The third kappa shape index (κ3) is 2.73. The van der Waals surface area contributed by atoms with Crippen molar-refractivity contribution >= 4 is 21.7 Å². The van der Waals surface area contributed by atoms with Crippen molar-refractivity contribution in [3.8, 4) is 0 Å². The number of anilines is 1. The summed E-state index contributed by atoms with van der Waals surface area (Å²) in [5.74, 6) is 2.09. The standard InChI is InChI=1S/C12H20BrN3/c1-7(2)10-15-9(12(3,4)5)8(13)11(14-6)16-10/h7H,1-6H3,(H,14,15,16). The van der Waals surface area contributed by atoms with Gasteiger partial charge in [0.1, 0.15) is 11.6 Å². The van der Waals surface area contributed by atoms with Crippen molar-refractivity contribution in [1.29, 1.82) is 0 Å². The molecule has 0 saturated heterocycles. The molecule has 0 unspecified atom stereocenters. The number of rotatable bonds is 2. The van der Waals surface area contributed by atoms with Gasteiger partial charge in [0, 0.05) is 18.4 Å². The molecule has 0 aliphatic carbocycles. The Morgan fingerprint density at radius 2 is 1.75 bits per heavy atom. The van der Waals surface area contributed by atoms with Crippen LogP contribution in [0.3, 0.4) is 0 Å². The van der Waals surface area contributed by atoms with E-state index in [-0.39, 0.29) is 5.41 Å². The highest BCUT2D eigenvalue weighted by molar-refractivity contribution is 9.10. The summed E-state index contributed by atoms with van der Waals surface area (Å²) in [4.78, 5) is 9.15. The molecule has 0 spiro atoms. The van der Waals surface area contributed by atoms with Crippen LogP contribution in [-0.2, 0) is 5.41 Å². The molecule has 1 aromatic heterocycles. The molecule has 0 fully saturated rings. The first kappa shape index (κ1) is 13.4. The SMILES string of the molecule is CNc1nc(C(C)C)nc(C(C)(C)C)c1Br. The average molecular weight is 286 g/mol. The Morgan fingerprint density at radius 1 is 1.19 bits per heavy atom. The smallest absolute Gasteiger partial charge is 0.144 e. The van der Waals surface area contributed by atoms with E-state index >= 15 is 0 Å². The molecule has 0 amide bonds. The van der Waals surface area contributed by atoms with E-state index in [9.17, 15) is 0 Å². The van der Waals surface area contributed by atoms with E-state index in [0.29, 0.717) is 5.92 Å². The van der Waals surface area contributed by atoms with Gasteiger partial charge in [0.15, 0.2) is 0 Å². The van der Waals surface area contributed by atoms with Crippen molar-refractivity contribution in [3.63, 3.8) is 0 Å². The van der Waals surface area contributed by atoms with Gasteiger partial charge in [-0.25, -0.2) is 9.97 Å². The average Bonchev–Trinajstić information content (AvgIpc) is 2.15. The summed E-state index contributed by atoms with van der Waals surface area (Å²) >= 11 is 3.57. The molecule has 0 aromatic carbocycles. The Bertz CT molecular complexity index is 381. The lowest BCUT2D eigenvalue weighted by molar-refractivity contribution is 0.555. The van der Waals surface area contributed by atoms with E-state index in [0.717, 1.165) is 21.8 Å². The third-order valence-electron chi connectivity index (χ3n) is 2.33. The summed E-state index contributed by atoms with van der Waals surface area (Å²) in [6.07, 6.45) is 0. The van der Waals surface area contributed by atoms with Gasteiger partial charge < -0.3 is 5.32 Å². The number of aromatic nitrogens is 2. The Kier molecular flexibility index (Phi) is 3.94. The summed E-state index contributed by atoms with van der Waals surface area (Å²) in [6, 6.07) is 0. The third-order valence-corrected chi connectivity index (χ3v) is 3.08. The molecule has 0 atom stereocenters. The second-order valence-electron chi connectivity index (χ2n) is 5.25. The molecule has 0 radical (unpaired) electrons. The zero-order valence-electron chi connectivity index (χ0n) is 10.8. The Morgan fingerprint density at radius 3 is 2.12 bits per heavy atom. The fourth-order valence-electron chi connectivity index (χ4n) is 1.39. The van der Waals surface area contributed by atoms with Crippen LogP contribution < -0.4 is 5.32 Å². The molecule has 0 aliphatic rings. The van der Waals surface area contributed by atoms with Gasteiger partial charge in [-0.3, -0.25) is 0 Å². The Labute approximate surface area is 106 Å². The van der Waals surface area contributed by atoms with E-state index in [2.05, 4.69) is 65.8 Å². The fraction of sp³-hybridized carbons (Fsp3) is 0.667. The Hall–Kier alpha value is -0.640. The summed E-state index contributed by atoms with van der Waals surface area (Å²) in [7, 11) is 1.88. The van der Waals surface area contributed by atoms with Crippen molar-refractivity contribution < 1.29 is 0 Å². The minimum atomic E-state index is 0.0109. The molecule has 90 valence electrons. The van der Waals surface area contributed by atoms with Crippen LogP contribution in [0.1, 0.15) is 52.1 Å². The number of hydrogen-bond donors (Lipinski definition) is 1. The number of hydrogen-bond acceptors (Lipinski definition) is 3. The monoisotopic (exact) mass is 285 g/mol. The van der Waals surface area contributed by atoms with Crippen molar-refractivity contribution in [3.05, 3.63) is 16.0 Å². The predicted octanol–water partition coefficient (Wildman–Crippen LogP) is 3.70. The van der Waals surface area contributed by atoms with Gasteiger partial charge in [-0.1, -0.05) is 34.6 Å². The molecule has 1 N–H and O–H groups in total. The van der Waals surface area contributed by atoms with E-state index in [1.54, 1.807) is 0 Å². The highest BCUT2D eigenvalue weighted by atomic mass is 79.9. The maximum absolute atomic E-state index is 4.65. The van der Waals surface area contributed by atoms with Crippen LogP contribution in [0.4, 0.5) is 5.82 Å². The van der Waals surface area contributed by atoms with Gasteiger partial charge in [-0.2, -0.15) is 0 Å². The highest BCUT2D eigenvalue weighted by Crippen LogP contribution is 2.33. The highest BCUT2D eigenvalue weighted by Gasteiger charge is 2.23.